The van der Waals surface area contributed by atoms with Gasteiger partial charge in [0.2, 0.25) is 0 Å². The van der Waals surface area contributed by atoms with Crippen LogP contribution in [0, 0.1) is 31.6 Å². The molecule has 0 atom stereocenters. The molecule has 1 saturated carbocycles. The minimum Gasteiger partial charge on any atom is -0.374 e. The maximum atomic E-state index is 5.86. The van der Waals surface area contributed by atoms with Gasteiger partial charge in [-0.15, -0.1) is 5.10 Å². The van der Waals surface area contributed by atoms with Gasteiger partial charge in [-0.05, 0) is 52.9 Å². The quantitative estimate of drug-likeness (QED) is 0.581. The second-order valence-electron chi connectivity index (χ2n) is 5.13. The Morgan fingerprint density at radius 1 is 1.00 bits per heavy atom. The van der Waals surface area contributed by atoms with Gasteiger partial charge in [-0.3, -0.25) is 4.68 Å². The largest absolute Gasteiger partial charge is 0.500 e. The van der Waals surface area contributed by atoms with Gasteiger partial charge in [0, 0.05) is 44.5 Å². The molecule has 2 rings (SSSR count). The van der Waals surface area contributed by atoms with Crippen LogP contribution in [0.15, 0.2) is 6.20 Å². The average Bonchev–Trinajstić information content (AvgIpc) is 3.19. The van der Waals surface area contributed by atoms with Gasteiger partial charge in [0.05, 0.1) is 5.69 Å². The molecule has 7 heteroatoms. The van der Waals surface area contributed by atoms with E-state index in [-0.39, 0.29) is 0 Å². The van der Waals surface area contributed by atoms with Crippen LogP contribution < -0.4 is 0 Å². The third-order valence-electron chi connectivity index (χ3n) is 3.46. The van der Waals surface area contributed by atoms with Gasteiger partial charge in [-0.1, -0.05) is 5.21 Å². The number of aryl methyl sites for hydroxylation is 1. The van der Waals surface area contributed by atoms with Crippen LogP contribution in [0.5, 0.6) is 0 Å². The first-order chi connectivity index (χ1) is 11.2. The maximum Gasteiger partial charge on any atom is 0.500 e. The first-order valence-electron chi connectivity index (χ1n) is 8.27. The van der Waals surface area contributed by atoms with Crippen molar-refractivity contribution in [2.24, 2.45) is 0 Å². The monoisotopic (exact) mass is 336 g/mol. The van der Waals surface area contributed by atoms with Crippen molar-refractivity contribution in [2.75, 3.05) is 19.8 Å². The molecule has 6 nitrogen and oxygen atoms in total. The molecule has 23 heavy (non-hydrogen) atoms. The summed E-state index contributed by atoms with van der Waals surface area (Å²) in [6.45, 7) is 8.52. The van der Waals surface area contributed by atoms with Gasteiger partial charge < -0.3 is 13.3 Å². The number of rotatable bonds is 11. The van der Waals surface area contributed by atoms with Gasteiger partial charge in [0.25, 0.3) is 0 Å². The minimum absolute atomic E-state index is 0.608. The highest BCUT2D eigenvalue weighted by Crippen LogP contribution is 2.28. The molecule has 0 aliphatic heterocycles. The molecule has 0 spiro atoms. The summed E-state index contributed by atoms with van der Waals surface area (Å²) >= 11 is 0. The van der Waals surface area contributed by atoms with E-state index in [1.54, 1.807) is 0 Å². The molecule has 0 bridgehead atoms. The third-order valence-corrected chi connectivity index (χ3v) is 6.61. The summed E-state index contributed by atoms with van der Waals surface area (Å²) in [5.74, 6) is 1.10. The van der Waals surface area contributed by atoms with Crippen LogP contribution in [-0.2, 0) is 19.8 Å². The molecular weight excluding hydrogens is 310 g/mol. The van der Waals surface area contributed by atoms with Crippen LogP contribution in [-0.4, -0.2) is 43.6 Å². The fourth-order valence-corrected chi connectivity index (χ4v) is 5.14. The van der Waals surface area contributed by atoms with Crippen molar-refractivity contribution in [3.8, 4) is 0 Å². The van der Waals surface area contributed by atoms with E-state index >= 15 is 0 Å². The summed E-state index contributed by atoms with van der Waals surface area (Å²) in [5, 5.41) is 8.40. The van der Waals surface area contributed by atoms with E-state index in [1.165, 1.54) is 0 Å². The van der Waals surface area contributed by atoms with Crippen molar-refractivity contribution in [1.29, 1.82) is 0 Å². The molecular formula is C16H26N3O3Si. The first-order valence-corrected chi connectivity index (χ1v) is 10.2. The Hall–Kier alpha value is -0.763. The summed E-state index contributed by atoms with van der Waals surface area (Å²) in [6, 6.07) is 0.786. The van der Waals surface area contributed by atoms with Crippen LogP contribution >= 0.6 is 0 Å². The Bertz CT molecular complexity index is 433. The predicted molar refractivity (Wildman–Crippen MR) is 89.6 cm³/mol. The maximum absolute atomic E-state index is 5.86. The summed E-state index contributed by atoms with van der Waals surface area (Å²) in [5.41, 5.74) is 0.901. The second kappa shape index (κ2) is 9.51. The molecule has 1 aromatic heterocycles. The van der Waals surface area contributed by atoms with Gasteiger partial charge in [-0.2, -0.15) is 0 Å². The van der Waals surface area contributed by atoms with Crippen molar-refractivity contribution in [3.05, 3.63) is 43.5 Å². The first kappa shape index (κ1) is 18.6. The zero-order chi connectivity index (χ0) is 16.5. The summed E-state index contributed by atoms with van der Waals surface area (Å²) in [6.07, 6.45) is 10.9. The van der Waals surface area contributed by atoms with Gasteiger partial charge in [0.1, 0.15) is 0 Å². The standard InChI is InChI=1S/C16H26N3O3Si/c1-4-20-23(21-5-2,22-6-3)13-9-12-19-14-16(17-18-19)15-10-7-8-11-15/h7-8,10-11,14H,4-6,9,12-13H2,1-3H3. The fourth-order valence-electron chi connectivity index (χ4n) is 2.54. The zero-order valence-electron chi connectivity index (χ0n) is 14.2. The van der Waals surface area contributed by atoms with Crippen molar-refractivity contribution in [2.45, 2.75) is 39.8 Å². The highest BCUT2D eigenvalue weighted by atomic mass is 28.4. The van der Waals surface area contributed by atoms with E-state index in [0.29, 0.717) is 19.8 Å². The van der Waals surface area contributed by atoms with E-state index in [0.717, 1.165) is 30.6 Å². The normalized spacial score (nSPS) is 16.3. The molecule has 0 amide bonds. The smallest absolute Gasteiger partial charge is 0.374 e. The van der Waals surface area contributed by atoms with E-state index < -0.39 is 8.80 Å². The lowest BCUT2D eigenvalue weighted by Crippen LogP contribution is -2.46. The molecule has 0 aromatic carbocycles. The molecule has 0 unspecified atom stereocenters. The second-order valence-corrected chi connectivity index (χ2v) is 7.86. The van der Waals surface area contributed by atoms with E-state index in [1.807, 2.05) is 57.3 Å². The Kier molecular flexibility index (Phi) is 7.68. The number of hydrogen-bond acceptors (Lipinski definition) is 5. The van der Waals surface area contributed by atoms with Crippen molar-refractivity contribution >= 4 is 8.80 Å². The van der Waals surface area contributed by atoms with Gasteiger partial charge >= 0.3 is 8.80 Å². The molecule has 0 saturated heterocycles. The predicted octanol–water partition coefficient (Wildman–Crippen LogP) is 2.47. The Morgan fingerprint density at radius 2 is 1.61 bits per heavy atom. The number of nitrogens with zero attached hydrogens (tertiary/aromatic N) is 3. The van der Waals surface area contributed by atoms with Crippen molar-refractivity contribution in [3.63, 3.8) is 0 Å². The Morgan fingerprint density at radius 3 is 2.17 bits per heavy atom. The summed E-state index contributed by atoms with van der Waals surface area (Å²) in [7, 11) is -2.56. The number of hydrogen-bond donors (Lipinski definition) is 0. The van der Waals surface area contributed by atoms with Crippen LogP contribution in [0.2, 0.25) is 6.04 Å². The Balaban J connectivity index is 1.85. The van der Waals surface area contributed by atoms with Crippen LogP contribution in [0.25, 0.3) is 0 Å². The highest BCUT2D eigenvalue weighted by Gasteiger charge is 2.39. The van der Waals surface area contributed by atoms with Crippen LogP contribution in [0.4, 0.5) is 0 Å². The van der Waals surface area contributed by atoms with Crippen molar-refractivity contribution in [1.82, 2.24) is 15.0 Å². The molecule has 0 N–H and O–H groups in total. The molecule has 1 aliphatic carbocycles. The van der Waals surface area contributed by atoms with E-state index in [9.17, 15) is 0 Å². The van der Waals surface area contributed by atoms with Gasteiger partial charge in [0.15, 0.2) is 0 Å². The van der Waals surface area contributed by atoms with Crippen LogP contribution in [0.1, 0.15) is 32.9 Å². The molecule has 1 aromatic rings. The lowest BCUT2D eigenvalue weighted by Gasteiger charge is -2.28. The zero-order valence-corrected chi connectivity index (χ0v) is 15.2. The number of aromatic nitrogens is 3. The molecule has 1 aliphatic rings. The van der Waals surface area contributed by atoms with Crippen molar-refractivity contribution < 1.29 is 13.3 Å². The third kappa shape index (κ3) is 5.38. The van der Waals surface area contributed by atoms with Gasteiger partial charge in [-0.25, -0.2) is 0 Å². The lowest BCUT2D eigenvalue weighted by molar-refractivity contribution is 0.0704. The average molecular weight is 336 g/mol. The van der Waals surface area contributed by atoms with E-state index in [2.05, 4.69) is 10.3 Å². The summed E-state index contributed by atoms with van der Waals surface area (Å²) in [4.78, 5) is 0. The highest BCUT2D eigenvalue weighted by molar-refractivity contribution is 6.60. The SMILES string of the molecule is CCO[Si](CCCn1cc([C]2[CH][CH][CH][CH]2)nn1)(OCC)OCC. The molecule has 5 radical (unpaired) electrons. The Labute approximate surface area is 140 Å². The van der Waals surface area contributed by atoms with Crippen LogP contribution in [0.3, 0.4) is 0 Å². The fraction of sp³-hybridized carbons (Fsp3) is 0.562. The molecule has 127 valence electrons. The molecule has 1 fully saturated rings. The lowest BCUT2D eigenvalue weighted by atomic mass is 10.1. The summed E-state index contributed by atoms with van der Waals surface area (Å²) < 4.78 is 19.5. The minimum atomic E-state index is -2.56. The van der Waals surface area contributed by atoms with E-state index in [4.69, 9.17) is 13.3 Å². The molecule has 1 heterocycles. The topological polar surface area (TPSA) is 58.4 Å².